The van der Waals surface area contributed by atoms with E-state index in [1.54, 1.807) is 0 Å². The Bertz CT molecular complexity index is 2850. The smallest absolute Gasteiger partial charge is 0.0633 e. The number of benzene rings is 7. The van der Waals surface area contributed by atoms with Crippen LogP contribution in [0.4, 0.5) is 0 Å². The number of rotatable bonds is 4. The van der Waals surface area contributed by atoms with E-state index in [9.17, 15) is 0 Å². The van der Waals surface area contributed by atoms with Gasteiger partial charge in [0.2, 0.25) is 0 Å². The number of aryl methyl sites for hydroxylation is 1. The summed E-state index contributed by atoms with van der Waals surface area (Å²) in [5, 5.41) is 19.2. The second kappa shape index (κ2) is 12.8. The van der Waals surface area contributed by atoms with E-state index in [1.807, 2.05) is 30.5 Å². The molecule has 0 unspecified atom stereocenters. The van der Waals surface area contributed by atoms with Crippen LogP contribution in [0.3, 0.4) is 0 Å². The van der Waals surface area contributed by atoms with Crippen molar-refractivity contribution in [3.63, 3.8) is 0 Å². The summed E-state index contributed by atoms with van der Waals surface area (Å²) >= 11 is 0. The zero-order valence-electron chi connectivity index (χ0n) is 29.2. The van der Waals surface area contributed by atoms with Crippen LogP contribution in [0.15, 0.2) is 187 Å². The van der Waals surface area contributed by atoms with Crippen LogP contribution in [0, 0.1) is 5.41 Å². The first-order chi connectivity index (χ1) is 26.2. The van der Waals surface area contributed by atoms with Crippen LogP contribution < -0.4 is 5.32 Å². The van der Waals surface area contributed by atoms with Gasteiger partial charge in [-0.3, -0.25) is 0 Å². The summed E-state index contributed by atoms with van der Waals surface area (Å²) < 4.78 is 0. The highest BCUT2D eigenvalue weighted by molar-refractivity contribution is 6.22. The van der Waals surface area contributed by atoms with Gasteiger partial charge in [0.15, 0.2) is 0 Å². The van der Waals surface area contributed by atoms with Gasteiger partial charge in [0.1, 0.15) is 0 Å². The van der Waals surface area contributed by atoms with Crippen LogP contribution in [-0.4, -0.2) is 5.71 Å². The molecule has 10 rings (SSSR count). The normalized spacial score (nSPS) is 16.3. The Hall–Kier alpha value is -6.77. The topological polar surface area (TPSA) is 35.9 Å². The largest absolute Gasteiger partial charge is 0.361 e. The van der Waals surface area contributed by atoms with Crippen molar-refractivity contribution in [2.24, 2.45) is 0 Å². The third-order valence-corrected chi connectivity index (χ3v) is 11.0. The first-order valence-electron chi connectivity index (χ1n) is 18.4. The van der Waals surface area contributed by atoms with Gasteiger partial charge in [-0.25, -0.2) is 0 Å². The highest BCUT2D eigenvalue weighted by atomic mass is 14.9. The summed E-state index contributed by atoms with van der Waals surface area (Å²) in [5.41, 5.74) is 14.8. The Morgan fingerprint density at radius 1 is 0.491 bits per heavy atom. The van der Waals surface area contributed by atoms with Gasteiger partial charge in [0, 0.05) is 17.5 Å². The van der Waals surface area contributed by atoms with E-state index in [4.69, 9.17) is 5.41 Å². The summed E-state index contributed by atoms with van der Waals surface area (Å²) in [6.07, 6.45) is 20.7. The Morgan fingerprint density at radius 3 is 1.98 bits per heavy atom. The fraction of sp³-hybridized carbons (Fsp3) is 0.0392. The van der Waals surface area contributed by atoms with E-state index in [2.05, 4.69) is 157 Å². The molecule has 0 spiro atoms. The lowest BCUT2D eigenvalue weighted by molar-refractivity contribution is 0.986. The minimum Gasteiger partial charge on any atom is -0.361 e. The van der Waals surface area contributed by atoms with E-state index in [0.29, 0.717) is 5.71 Å². The van der Waals surface area contributed by atoms with E-state index in [0.717, 1.165) is 35.2 Å². The van der Waals surface area contributed by atoms with Crippen molar-refractivity contribution in [2.75, 3.05) is 0 Å². The second-order valence-corrected chi connectivity index (χ2v) is 14.1. The van der Waals surface area contributed by atoms with Crippen molar-refractivity contribution in [3.8, 4) is 33.4 Å². The molecule has 53 heavy (non-hydrogen) atoms. The molecule has 0 aromatic heterocycles. The Kier molecular flexibility index (Phi) is 7.47. The molecule has 0 bridgehead atoms. The first kappa shape index (κ1) is 31.0. The molecular formula is C51H36N2. The van der Waals surface area contributed by atoms with Crippen LogP contribution >= 0.6 is 0 Å². The molecule has 2 N–H and O–H groups in total. The molecule has 0 saturated heterocycles. The zero-order chi connectivity index (χ0) is 35.3. The standard InChI is InChI=1S/C51H36N2/c52-48-16-8-7-15-46(48)49-28-26-42(32-53-49)36-19-17-35(18-20-36)39-25-27-45-47(31-39)51(41-24-22-34-10-2-4-12-38(34)30-41)44-14-6-5-13-43(44)50(45)40-23-21-33-9-1-3-11-37(33)29-40/h2-8,10-32,52-53H,1,9H2/b49-46-,52-48?. The molecule has 0 saturated carbocycles. The van der Waals surface area contributed by atoms with Crippen molar-refractivity contribution < 1.29 is 0 Å². The van der Waals surface area contributed by atoms with Gasteiger partial charge in [-0.15, -0.1) is 0 Å². The van der Waals surface area contributed by atoms with Crippen LogP contribution in [-0.2, 0) is 6.42 Å². The Morgan fingerprint density at radius 2 is 1.17 bits per heavy atom. The summed E-state index contributed by atoms with van der Waals surface area (Å²) in [6, 6.07) is 47.5. The minimum absolute atomic E-state index is 0.514. The summed E-state index contributed by atoms with van der Waals surface area (Å²) in [4.78, 5) is 0. The molecule has 250 valence electrons. The number of nitrogens with one attached hydrogen (secondary N) is 2. The average Bonchev–Trinajstić information content (AvgIpc) is 3.22. The van der Waals surface area contributed by atoms with Gasteiger partial charge in [0.25, 0.3) is 0 Å². The molecule has 1 heterocycles. The lowest BCUT2D eigenvalue weighted by atomic mass is 9.83. The Balaban J connectivity index is 1.12. The third-order valence-electron chi connectivity index (χ3n) is 11.0. The molecule has 0 atom stereocenters. The molecule has 0 radical (unpaired) electrons. The molecule has 1 aliphatic heterocycles. The predicted octanol–water partition coefficient (Wildman–Crippen LogP) is 13.0. The van der Waals surface area contributed by atoms with E-state index in [1.165, 1.54) is 76.8 Å². The van der Waals surface area contributed by atoms with Crippen LogP contribution in [0.25, 0.3) is 77.3 Å². The van der Waals surface area contributed by atoms with Gasteiger partial charge < -0.3 is 10.7 Å². The maximum Gasteiger partial charge on any atom is 0.0633 e. The fourth-order valence-corrected chi connectivity index (χ4v) is 8.25. The van der Waals surface area contributed by atoms with Gasteiger partial charge in [-0.05, 0) is 131 Å². The second-order valence-electron chi connectivity index (χ2n) is 14.1. The lowest BCUT2D eigenvalue weighted by Gasteiger charge is -2.20. The van der Waals surface area contributed by atoms with Crippen LogP contribution in [0.1, 0.15) is 23.1 Å². The fourth-order valence-electron chi connectivity index (χ4n) is 8.25. The number of allylic oxidation sites excluding steroid dienone is 9. The molecule has 2 nitrogen and oxygen atoms in total. The van der Waals surface area contributed by atoms with E-state index >= 15 is 0 Å². The number of hydrogen-bond donors (Lipinski definition) is 2. The summed E-state index contributed by atoms with van der Waals surface area (Å²) in [7, 11) is 0. The van der Waals surface area contributed by atoms with Crippen molar-refractivity contribution in [1.29, 1.82) is 5.41 Å². The van der Waals surface area contributed by atoms with Crippen LogP contribution in [0.5, 0.6) is 0 Å². The molecule has 3 aliphatic rings. The van der Waals surface area contributed by atoms with Crippen molar-refractivity contribution in [3.05, 3.63) is 204 Å². The predicted molar refractivity (Wildman–Crippen MR) is 226 cm³/mol. The van der Waals surface area contributed by atoms with Crippen molar-refractivity contribution in [1.82, 2.24) is 5.32 Å². The van der Waals surface area contributed by atoms with Gasteiger partial charge in [-0.2, -0.15) is 0 Å². The van der Waals surface area contributed by atoms with E-state index in [-0.39, 0.29) is 0 Å². The monoisotopic (exact) mass is 676 g/mol. The van der Waals surface area contributed by atoms with Crippen molar-refractivity contribution >= 4 is 49.7 Å². The maximum absolute atomic E-state index is 8.28. The number of fused-ring (bicyclic) bond motifs is 4. The molecular weight excluding hydrogens is 641 g/mol. The van der Waals surface area contributed by atoms with Crippen LogP contribution in [0.2, 0.25) is 0 Å². The Labute approximate surface area is 309 Å². The molecule has 7 aromatic carbocycles. The number of dihydropyridines is 1. The summed E-state index contributed by atoms with van der Waals surface area (Å²) in [5.74, 6) is 0. The lowest BCUT2D eigenvalue weighted by Crippen LogP contribution is -2.14. The van der Waals surface area contributed by atoms with E-state index < -0.39 is 0 Å². The average molecular weight is 677 g/mol. The molecule has 7 aromatic rings. The molecule has 2 heteroatoms. The number of hydrogen-bond acceptors (Lipinski definition) is 2. The van der Waals surface area contributed by atoms with Crippen molar-refractivity contribution in [2.45, 2.75) is 12.8 Å². The van der Waals surface area contributed by atoms with Gasteiger partial charge in [0.05, 0.1) is 5.71 Å². The molecule has 2 aliphatic carbocycles. The maximum atomic E-state index is 8.28. The van der Waals surface area contributed by atoms with Gasteiger partial charge in [-0.1, -0.05) is 146 Å². The quantitative estimate of drug-likeness (QED) is 0.179. The highest BCUT2D eigenvalue weighted by Crippen LogP contribution is 2.46. The minimum atomic E-state index is 0.514. The highest BCUT2D eigenvalue weighted by Gasteiger charge is 2.19. The summed E-state index contributed by atoms with van der Waals surface area (Å²) in [6.45, 7) is 0. The first-order valence-corrected chi connectivity index (χ1v) is 18.4. The SMILES string of the molecule is N=C1C=CC=C/C1=C1\C=CC(c2ccc(-c3ccc4c(-c5ccc6c(c5)C=CCC6)c5ccccc5c(-c5ccc6ccccc6c5)c4c3)cc2)=CN1. The third kappa shape index (κ3) is 5.48. The zero-order valence-corrected chi connectivity index (χ0v) is 29.2. The van der Waals surface area contributed by atoms with Gasteiger partial charge >= 0.3 is 0 Å². The molecule has 0 fully saturated rings. The molecule has 0 amide bonds.